The number of carbonyl (C=O) groups is 1. The van der Waals surface area contributed by atoms with E-state index in [1.807, 2.05) is 31.2 Å². The van der Waals surface area contributed by atoms with Gasteiger partial charge in [-0.05, 0) is 36.8 Å². The highest BCUT2D eigenvalue weighted by molar-refractivity contribution is 5.84. The maximum atomic E-state index is 12.6. The Morgan fingerprint density at radius 1 is 1.17 bits per heavy atom. The van der Waals surface area contributed by atoms with E-state index in [2.05, 4.69) is 15.8 Å². The molecule has 126 valence electrons. The van der Waals surface area contributed by atoms with Gasteiger partial charge in [-0.2, -0.15) is 18.3 Å². The Morgan fingerprint density at radius 2 is 1.88 bits per heavy atom. The molecule has 0 fully saturated rings. The van der Waals surface area contributed by atoms with Crippen LogP contribution in [0.25, 0.3) is 0 Å². The Morgan fingerprint density at radius 3 is 2.54 bits per heavy atom. The molecule has 7 heteroatoms. The minimum absolute atomic E-state index is 0.00297. The SMILES string of the molecule is Cc1ccc(NCC(=O)N/N=C\c2cccc(C(F)(F)F)c2)cc1. The first-order valence-corrected chi connectivity index (χ1v) is 7.14. The van der Waals surface area contributed by atoms with Gasteiger partial charge >= 0.3 is 6.18 Å². The van der Waals surface area contributed by atoms with Crippen LogP contribution in [0.15, 0.2) is 53.6 Å². The predicted octanol–water partition coefficient (Wildman–Crippen LogP) is 3.58. The van der Waals surface area contributed by atoms with E-state index in [4.69, 9.17) is 0 Å². The first-order chi connectivity index (χ1) is 11.3. The molecule has 0 heterocycles. The molecule has 0 saturated heterocycles. The van der Waals surface area contributed by atoms with Crippen molar-refractivity contribution in [2.24, 2.45) is 5.10 Å². The fraction of sp³-hybridized carbons (Fsp3) is 0.176. The first-order valence-electron chi connectivity index (χ1n) is 7.14. The molecule has 0 aliphatic carbocycles. The van der Waals surface area contributed by atoms with E-state index in [9.17, 15) is 18.0 Å². The fourth-order valence-corrected chi connectivity index (χ4v) is 1.87. The molecule has 1 amide bonds. The van der Waals surface area contributed by atoms with Crippen molar-refractivity contribution in [3.63, 3.8) is 0 Å². The summed E-state index contributed by atoms with van der Waals surface area (Å²) in [5.74, 6) is -0.404. The molecule has 0 aliphatic heterocycles. The van der Waals surface area contributed by atoms with Crippen LogP contribution in [-0.4, -0.2) is 18.7 Å². The highest BCUT2D eigenvalue weighted by Crippen LogP contribution is 2.29. The summed E-state index contributed by atoms with van der Waals surface area (Å²) in [6.07, 6.45) is -3.25. The summed E-state index contributed by atoms with van der Waals surface area (Å²) in [6, 6.07) is 12.2. The Hall–Kier alpha value is -2.83. The lowest BCUT2D eigenvalue weighted by molar-refractivity contribution is -0.137. The third-order valence-electron chi connectivity index (χ3n) is 3.12. The van der Waals surface area contributed by atoms with Gasteiger partial charge in [0.25, 0.3) is 5.91 Å². The summed E-state index contributed by atoms with van der Waals surface area (Å²) in [6.45, 7) is 1.96. The van der Waals surface area contributed by atoms with Gasteiger partial charge in [-0.25, -0.2) is 5.43 Å². The van der Waals surface area contributed by atoms with Crippen LogP contribution < -0.4 is 10.7 Å². The van der Waals surface area contributed by atoms with Crippen molar-refractivity contribution in [2.45, 2.75) is 13.1 Å². The standard InChI is InChI=1S/C17H16F3N3O/c1-12-5-7-15(8-6-12)21-11-16(24)23-22-10-13-3-2-4-14(9-13)17(18,19)20/h2-10,21H,11H2,1H3,(H,23,24)/b22-10-. The number of hydrogen-bond acceptors (Lipinski definition) is 3. The molecule has 0 aromatic heterocycles. The van der Waals surface area contributed by atoms with Crippen LogP contribution in [-0.2, 0) is 11.0 Å². The Labute approximate surface area is 137 Å². The molecular formula is C17H16F3N3O. The number of alkyl halides is 3. The highest BCUT2D eigenvalue weighted by atomic mass is 19.4. The lowest BCUT2D eigenvalue weighted by Gasteiger charge is -2.07. The van der Waals surface area contributed by atoms with Crippen LogP contribution in [0.5, 0.6) is 0 Å². The van der Waals surface area contributed by atoms with E-state index >= 15 is 0 Å². The van der Waals surface area contributed by atoms with E-state index < -0.39 is 17.6 Å². The second kappa shape index (κ2) is 7.63. The third kappa shape index (κ3) is 5.42. The van der Waals surface area contributed by atoms with Crippen LogP contribution in [0.3, 0.4) is 0 Å². The van der Waals surface area contributed by atoms with Gasteiger partial charge in [-0.15, -0.1) is 0 Å². The molecular weight excluding hydrogens is 319 g/mol. The Bertz CT molecular complexity index is 725. The number of anilines is 1. The van der Waals surface area contributed by atoms with Gasteiger partial charge in [-0.1, -0.05) is 29.8 Å². The minimum atomic E-state index is -4.41. The van der Waals surface area contributed by atoms with Crippen molar-refractivity contribution in [1.82, 2.24) is 5.43 Å². The predicted molar refractivity (Wildman–Crippen MR) is 86.8 cm³/mol. The van der Waals surface area contributed by atoms with Gasteiger partial charge in [0.2, 0.25) is 0 Å². The van der Waals surface area contributed by atoms with E-state index in [1.54, 1.807) is 0 Å². The van der Waals surface area contributed by atoms with Gasteiger partial charge in [0.1, 0.15) is 0 Å². The maximum absolute atomic E-state index is 12.6. The van der Waals surface area contributed by atoms with Gasteiger partial charge in [-0.3, -0.25) is 4.79 Å². The second-order valence-corrected chi connectivity index (χ2v) is 5.14. The van der Waals surface area contributed by atoms with Crippen LogP contribution in [0.2, 0.25) is 0 Å². The second-order valence-electron chi connectivity index (χ2n) is 5.14. The number of halogens is 3. The number of rotatable bonds is 5. The van der Waals surface area contributed by atoms with E-state index in [0.29, 0.717) is 0 Å². The number of aryl methyl sites for hydroxylation is 1. The van der Waals surface area contributed by atoms with Crippen LogP contribution in [0.4, 0.5) is 18.9 Å². The molecule has 0 unspecified atom stereocenters. The number of amides is 1. The number of carbonyl (C=O) groups excluding carboxylic acids is 1. The number of hydrogen-bond donors (Lipinski definition) is 2. The molecule has 0 aliphatic rings. The van der Waals surface area contributed by atoms with Crippen molar-refractivity contribution in [2.75, 3.05) is 11.9 Å². The number of nitrogens with zero attached hydrogens (tertiary/aromatic N) is 1. The zero-order valence-corrected chi connectivity index (χ0v) is 12.9. The first kappa shape index (κ1) is 17.5. The molecule has 0 bridgehead atoms. The van der Waals surface area contributed by atoms with Crippen molar-refractivity contribution in [1.29, 1.82) is 0 Å². The molecule has 0 atom stereocenters. The number of nitrogens with one attached hydrogen (secondary N) is 2. The molecule has 4 nitrogen and oxygen atoms in total. The van der Waals surface area contributed by atoms with Gasteiger partial charge in [0, 0.05) is 5.69 Å². The summed E-state index contributed by atoms with van der Waals surface area (Å²) >= 11 is 0. The summed E-state index contributed by atoms with van der Waals surface area (Å²) in [5, 5.41) is 6.57. The quantitative estimate of drug-likeness (QED) is 0.648. The zero-order valence-electron chi connectivity index (χ0n) is 12.9. The smallest absolute Gasteiger partial charge is 0.376 e. The van der Waals surface area contributed by atoms with Crippen molar-refractivity contribution >= 4 is 17.8 Å². The van der Waals surface area contributed by atoms with Crippen molar-refractivity contribution in [3.05, 3.63) is 65.2 Å². The van der Waals surface area contributed by atoms with Crippen LogP contribution in [0, 0.1) is 6.92 Å². The molecule has 2 rings (SSSR count). The fourth-order valence-electron chi connectivity index (χ4n) is 1.87. The zero-order chi connectivity index (χ0) is 17.6. The average Bonchev–Trinajstić information content (AvgIpc) is 2.54. The van der Waals surface area contributed by atoms with E-state index in [1.165, 1.54) is 18.3 Å². The molecule has 2 aromatic rings. The summed E-state index contributed by atoms with van der Waals surface area (Å²) < 4.78 is 37.7. The summed E-state index contributed by atoms with van der Waals surface area (Å²) in [7, 11) is 0. The maximum Gasteiger partial charge on any atom is 0.416 e. The molecule has 2 aromatic carbocycles. The van der Waals surface area contributed by atoms with Gasteiger partial charge in [0.15, 0.2) is 0 Å². The van der Waals surface area contributed by atoms with Crippen LogP contribution >= 0.6 is 0 Å². The average molecular weight is 335 g/mol. The largest absolute Gasteiger partial charge is 0.416 e. The lowest BCUT2D eigenvalue weighted by atomic mass is 10.1. The highest BCUT2D eigenvalue weighted by Gasteiger charge is 2.30. The van der Waals surface area contributed by atoms with E-state index in [0.717, 1.165) is 23.4 Å². The molecule has 0 saturated carbocycles. The Balaban J connectivity index is 1.85. The van der Waals surface area contributed by atoms with E-state index in [-0.39, 0.29) is 12.1 Å². The van der Waals surface area contributed by atoms with Gasteiger partial charge in [0.05, 0.1) is 18.3 Å². The summed E-state index contributed by atoms with van der Waals surface area (Å²) in [5.41, 5.74) is 3.64. The lowest BCUT2D eigenvalue weighted by Crippen LogP contribution is -2.25. The van der Waals surface area contributed by atoms with Crippen molar-refractivity contribution in [3.8, 4) is 0 Å². The third-order valence-corrected chi connectivity index (χ3v) is 3.12. The monoisotopic (exact) mass is 335 g/mol. The minimum Gasteiger partial charge on any atom is -0.376 e. The molecule has 0 radical (unpaired) electrons. The van der Waals surface area contributed by atoms with Crippen LogP contribution in [0.1, 0.15) is 16.7 Å². The normalized spacial score (nSPS) is 11.5. The number of hydrazone groups is 1. The number of benzene rings is 2. The topological polar surface area (TPSA) is 53.5 Å². The Kier molecular flexibility index (Phi) is 5.57. The van der Waals surface area contributed by atoms with Gasteiger partial charge < -0.3 is 5.32 Å². The summed E-state index contributed by atoms with van der Waals surface area (Å²) in [4.78, 5) is 11.6. The van der Waals surface area contributed by atoms with Crippen molar-refractivity contribution < 1.29 is 18.0 Å². The molecule has 0 spiro atoms. The molecule has 24 heavy (non-hydrogen) atoms. The molecule has 2 N–H and O–H groups in total.